The number of nitrogens with zero attached hydrogens (tertiary/aromatic N) is 2. The summed E-state index contributed by atoms with van der Waals surface area (Å²) in [5.41, 5.74) is 7.31. The summed E-state index contributed by atoms with van der Waals surface area (Å²) in [6.07, 6.45) is 1.65. The van der Waals surface area contributed by atoms with Gasteiger partial charge in [0.1, 0.15) is 12.1 Å². The van der Waals surface area contributed by atoms with E-state index in [4.69, 9.17) is 27.5 Å². The molecule has 2 atom stereocenters. The van der Waals surface area contributed by atoms with Crippen LogP contribution in [0, 0.1) is 12.3 Å². The first-order valence-corrected chi connectivity index (χ1v) is 12.1. The van der Waals surface area contributed by atoms with Gasteiger partial charge in [-0.05, 0) is 49.4 Å². The third-order valence-electron chi connectivity index (χ3n) is 5.35. The summed E-state index contributed by atoms with van der Waals surface area (Å²) in [4.78, 5) is 38.0. The van der Waals surface area contributed by atoms with E-state index in [-0.39, 0.29) is 12.4 Å². The van der Waals surface area contributed by atoms with E-state index in [2.05, 4.69) is 26.2 Å². The lowest BCUT2D eigenvalue weighted by molar-refractivity contribution is -0.145. The number of nitrogens with two attached hydrogens (primary N) is 1. The lowest BCUT2D eigenvalue weighted by atomic mass is 10.0. The Morgan fingerprint density at radius 3 is 2.46 bits per heavy atom. The van der Waals surface area contributed by atoms with Gasteiger partial charge in [-0.3, -0.25) is 10.2 Å². The topological polar surface area (TPSA) is 171 Å². The van der Waals surface area contributed by atoms with Crippen LogP contribution in [0.2, 0.25) is 5.02 Å². The van der Waals surface area contributed by atoms with E-state index in [9.17, 15) is 14.4 Å². The van der Waals surface area contributed by atoms with Crippen molar-refractivity contribution in [1.29, 1.82) is 5.41 Å². The molecule has 0 spiro atoms. The fourth-order valence-electron chi connectivity index (χ4n) is 3.34. The molecule has 0 aliphatic heterocycles. The molecule has 37 heavy (non-hydrogen) atoms. The van der Waals surface area contributed by atoms with Crippen LogP contribution in [0.4, 0.5) is 10.5 Å². The van der Waals surface area contributed by atoms with Crippen LogP contribution < -0.4 is 21.7 Å². The predicted octanol–water partition coefficient (Wildman–Crippen LogP) is 3.36. The van der Waals surface area contributed by atoms with Crippen LogP contribution in [0.15, 0.2) is 58.8 Å². The number of unbranched alkanes of at least 4 members (excludes halogenated alkanes) is 1. The van der Waals surface area contributed by atoms with Crippen molar-refractivity contribution in [2.45, 2.75) is 44.7 Å². The summed E-state index contributed by atoms with van der Waals surface area (Å²) in [5.74, 6) is -1.31. The summed E-state index contributed by atoms with van der Waals surface area (Å²) in [6, 6.07) is 11.4. The fourth-order valence-corrected chi connectivity index (χ4v) is 3.52. The summed E-state index contributed by atoms with van der Waals surface area (Å²) in [6.45, 7) is 2.30. The average Bonchev–Trinajstić information content (AvgIpc) is 2.88. The lowest BCUT2D eigenvalue weighted by Gasteiger charge is -2.22. The summed E-state index contributed by atoms with van der Waals surface area (Å²) < 4.78 is 4.84. The molecule has 2 rings (SSSR count). The van der Waals surface area contributed by atoms with Crippen LogP contribution >= 0.6 is 11.6 Å². The van der Waals surface area contributed by atoms with Crippen LogP contribution in [-0.4, -0.2) is 49.6 Å². The van der Waals surface area contributed by atoms with E-state index >= 15 is 0 Å². The van der Waals surface area contributed by atoms with E-state index < -0.39 is 30.0 Å². The molecule has 12 heteroatoms. The molecule has 2 aromatic carbocycles. The Labute approximate surface area is 220 Å². The number of nitrogens with one attached hydrogen (secondary N) is 4. The molecule has 6 N–H and O–H groups in total. The van der Waals surface area contributed by atoms with Crippen molar-refractivity contribution in [3.63, 3.8) is 0 Å². The number of hydrogen-bond donors (Lipinski definition) is 5. The predicted molar refractivity (Wildman–Crippen MR) is 141 cm³/mol. The van der Waals surface area contributed by atoms with E-state index in [1.165, 1.54) is 7.11 Å². The maximum Gasteiger partial charge on any atom is 0.360 e. The lowest BCUT2D eigenvalue weighted by Crippen LogP contribution is -2.52. The molecule has 2 unspecified atom stereocenters. The van der Waals surface area contributed by atoms with E-state index in [0.29, 0.717) is 36.5 Å². The van der Waals surface area contributed by atoms with Gasteiger partial charge in [0.25, 0.3) is 0 Å². The van der Waals surface area contributed by atoms with Crippen LogP contribution in [0.1, 0.15) is 30.4 Å². The maximum atomic E-state index is 13.2. The highest BCUT2D eigenvalue weighted by Gasteiger charge is 2.27. The third kappa shape index (κ3) is 10.7. The number of ether oxygens (including phenoxy) is 1. The number of carbonyl (C=O) groups excluding carboxylic acids is 3. The Balaban J connectivity index is 2.10. The summed E-state index contributed by atoms with van der Waals surface area (Å²) >= 11 is 6.09. The second-order valence-corrected chi connectivity index (χ2v) is 8.65. The quantitative estimate of drug-likeness (QED) is 0.0927. The second-order valence-electron chi connectivity index (χ2n) is 8.25. The normalized spacial score (nSPS) is 12.4. The smallest absolute Gasteiger partial charge is 0.360 e. The highest BCUT2D eigenvalue weighted by Crippen LogP contribution is 2.22. The molecule has 0 heterocycles. The van der Waals surface area contributed by atoms with Gasteiger partial charge in [0.15, 0.2) is 5.96 Å². The molecule has 0 aliphatic carbocycles. The minimum Gasteiger partial charge on any atom is -0.467 e. The zero-order chi connectivity index (χ0) is 27.2. The molecule has 0 aromatic heterocycles. The first kappa shape index (κ1) is 29.2. The highest BCUT2D eigenvalue weighted by atomic mass is 35.5. The molecule has 0 saturated carbocycles. The molecule has 0 fully saturated rings. The van der Waals surface area contributed by atoms with Gasteiger partial charge in [0, 0.05) is 18.0 Å². The molecule has 0 bridgehead atoms. The zero-order valence-corrected chi connectivity index (χ0v) is 21.5. The van der Waals surface area contributed by atoms with Crippen LogP contribution in [-0.2, 0) is 20.7 Å². The fraction of sp³-hybridized carbons (Fsp3) is 0.360. The SMILES string of the molecule is COC(=O)C(CCCCNC(=N)N)NC(=O)C(Cc1ccccc1)NC(=O)/N=N/c1ccc(C)c(Cl)c1. The third-order valence-corrected chi connectivity index (χ3v) is 5.75. The maximum absolute atomic E-state index is 13.2. The Hall–Kier alpha value is -3.99. The van der Waals surface area contributed by atoms with Crippen molar-refractivity contribution in [3.8, 4) is 0 Å². The number of carbonyl (C=O) groups is 3. The largest absolute Gasteiger partial charge is 0.467 e. The molecule has 0 saturated heterocycles. The number of methoxy groups -OCH3 is 1. The van der Waals surface area contributed by atoms with Gasteiger partial charge in [-0.1, -0.05) is 53.1 Å². The summed E-state index contributed by atoms with van der Waals surface area (Å²) in [7, 11) is 1.24. The number of azo groups is 1. The van der Waals surface area contributed by atoms with Gasteiger partial charge in [0.2, 0.25) is 5.91 Å². The van der Waals surface area contributed by atoms with E-state index in [0.717, 1.165) is 11.1 Å². The summed E-state index contributed by atoms with van der Waals surface area (Å²) in [5, 5.41) is 23.1. The first-order chi connectivity index (χ1) is 17.7. The number of guanidine groups is 1. The molecule has 11 nitrogen and oxygen atoms in total. The number of halogens is 1. The number of hydrogen-bond acceptors (Lipinski definition) is 6. The van der Waals surface area contributed by atoms with Crippen LogP contribution in [0.5, 0.6) is 0 Å². The molecule has 2 aromatic rings. The van der Waals surface area contributed by atoms with Gasteiger partial charge in [-0.2, -0.15) is 0 Å². The Morgan fingerprint density at radius 2 is 1.81 bits per heavy atom. The Morgan fingerprint density at radius 1 is 1.08 bits per heavy atom. The molecular formula is C25H32ClN7O4. The highest BCUT2D eigenvalue weighted by molar-refractivity contribution is 6.31. The van der Waals surface area contributed by atoms with E-state index in [1.807, 2.05) is 37.3 Å². The van der Waals surface area contributed by atoms with Crippen molar-refractivity contribution in [2.24, 2.45) is 16.0 Å². The number of urea groups is 1. The monoisotopic (exact) mass is 529 g/mol. The van der Waals surface area contributed by atoms with Crippen molar-refractivity contribution in [1.82, 2.24) is 16.0 Å². The number of benzene rings is 2. The van der Waals surface area contributed by atoms with Gasteiger partial charge >= 0.3 is 12.0 Å². The molecule has 198 valence electrons. The van der Waals surface area contributed by atoms with Gasteiger partial charge in [-0.15, -0.1) is 5.11 Å². The zero-order valence-electron chi connectivity index (χ0n) is 20.8. The van der Waals surface area contributed by atoms with Crippen LogP contribution in [0.25, 0.3) is 0 Å². The number of rotatable bonds is 12. The Kier molecular flexibility index (Phi) is 12.0. The Bertz CT molecular complexity index is 1110. The van der Waals surface area contributed by atoms with Crippen molar-refractivity contribution in [2.75, 3.05) is 13.7 Å². The van der Waals surface area contributed by atoms with Crippen molar-refractivity contribution in [3.05, 3.63) is 64.7 Å². The van der Waals surface area contributed by atoms with Crippen molar-refractivity contribution < 1.29 is 19.1 Å². The van der Waals surface area contributed by atoms with Crippen molar-refractivity contribution >= 4 is 41.2 Å². The number of esters is 1. The minimum absolute atomic E-state index is 0.139. The van der Waals surface area contributed by atoms with Gasteiger partial charge in [-0.25, -0.2) is 9.59 Å². The standard InChI is InChI=1S/C25H32ClN7O4/c1-16-11-12-18(15-19(16)26)32-33-25(36)31-21(14-17-8-4-3-5-9-17)22(34)30-20(23(35)37-2)10-6-7-13-29-24(27)28/h3-5,8-9,11-12,15,20-21H,6-7,10,13-14H2,1-2H3,(H,30,34)(H,31,36)(H4,27,28,29)/b33-32+. The first-order valence-electron chi connectivity index (χ1n) is 11.7. The molecule has 3 amide bonds. The van der Waals surface area contributed by atoms with Gasteiger partial charge in [0.05, 0.1) is 12.8 Å². The average molecular weight is 530 g/mol. The molecular weight excluding hydrogens is 498 g/mol. The van der Waals surface area contributed by atoms with Gasteiger partial charge < -0.3 is 26.4 Å². The molecule has 0 radical (unpaired) electrons. The van der Waals surface area contributed by atoms with Crippen LogP contribution in [0.3, 0.4) is 0 Å². The molecule has 0 aliphatic rings. The van der Waals surface area contributed by atoms with E-state index in [1.54, 1.807) is 18.2 Å². The second kappa shape index (κ2) is 15.2. The number of amides is 3. The number of aryl methyl sites for hydroxylation is 1. The minimum atomic E-state index is -1.03.